The standard InChI is InChI=1S/C13H25N5/c1-9(2)8-15-12-7-13(18-11(4)17-12)16-10(3)5-6-14/h7,9-10H,5-6,8,14H2,1-4H3,(H2,15,16,17,18). The molecular formula is C13H25N5. The van der Waals surface area contributed by atoms with Crippen LogP contribution < -0.4 is 16.4 Å². The van der Waals surface area contributed by atoms with E-state index in [0.717, 1.165) is 30.4 Å². The molecule has 5 heteroatoms. The van der Waals surface area contributed by atoms with E-state index in [9.17, 15) is 0 Å². The molecule has 0 spiro atoms. The summed E-state index contributed by atoms with van der Waals surface area (Å²) >= 11 is 0. The van der Waals surface area contributed by atoms with Crippen molar-refractivity contribution in [1.82, 2.24) is 9.97 Å². The average Bonchev–Trinajstić information content (AvgIpc) is 2.25. The molecule has 4 N–H and O–H groups in total. The van der Waals surface area contributed by atoms with Crippen LogP contribution in [0.25, 0.3) is 0 Å². The summed E-state index contributed by atoms with van der Waals surface area (Å²) in [7, 11) is 0. The largest absolute Gasteiger partial charge is 0.370 e. The van der Waals surface area contributed by atoms with Gasteiger partial charge in [-0.15, -0.1) is 0 Å². The molecule has 1 heterocycles. The van der Waals surface area contributed by atoms with Crippen molar-refractivity contribution in [3.05, 3.63) is 11.9 Å². The van der Waals surface area contributed by atoms with E-state index in [-0.39, 0.29) is 0 Å². The second-order valence-corrected chi connectivity index (χ2v) is 5.08. The molecule has 0 saturated carbocycles. The van der Waals surface area contributed by atoms with Gasteiger partial charge in [-0.2, -0.15) is 0 Å². The third-order valence-electron chi connectivity index (χ3n) is 2.52. The Morgan fingerprint density at radius 1 is 1.22 bits per heavy atom. The minimum absolute atomic E-state index is 0.322. The highest BCUT2D eigenvalue weighted by atomic mass is 15.1. The molecular weight excluding hydrogens is 226 g/mol. The van der Waals surface area contributed by atoms with Gasteiger partial charge in [0, 0.05) is 18.7 Å². The van der Waals surface area contributed by atoms with E-state index in [1.165, 1.54) is 0 Å². The Labute approximate surface area is 110 Å². The number of hydrogen-bond acceptors (Lipinski definition) is 5. The highest BCUT2D eigenvalue weighted by Gasteiger charge is 2.05. The highest BCUT2D eigenvalue weighted by Crippen LogP contribution is 2.13. The van der Waals surface area contributed by atoms with Crippen LogP contribution in [0.3, 0.4) is 0 Å². The van der Waals surface area contributed by atoms with Crippen LogP contribution in [0.15, 0.2) is 6.07 Å². The smallest absolute Gasteiger partial charge is 0.132 e. The molecule has 0 saturated heterocycles. The molecule has 0 amide bonds. The van der Waals surface area contributed by atoms with Crippen molar-refractivity contribution in [2.45, 2.75) is 40.2 Å². The van der Waals surface area contributed by atoms with E-state index in [1.807, 2.05) is 13.0 Å². The van der Waals surface area contributed by atoms with Gasteiger partial charge in [0.25, 0.3) is 0 Å². The van der Waals surface area contributed by atoms with Crippen LogP contribution in [0.2, 0.25) is 0 Å². The minimum Gasteiger partial charge on any atom is -0.370 e. The molecule has 5 nitrogen and oxygen atoms in total. The summed E-state index contributed by atoms with van der Waals surface area (Å²) in [5, 5.41) is 6.66. The Kier molecular flexibility index (Phi) is 5.85. The first kappa shape index (κ1) is 14.7. The molecule has 1 rings (SSSR count). The third kappa shape index (κ3) is 5.31. The molecule has 0 fully saturated rings. The molecule has 1 atom stereocenters. The number of rotatable bonds is 7. The summed E-state index contributed by atoms with van der Waals surface area (Å²) in [4.78, 5) is 8.75. The molecule has 18 heavy (non-hydrogen) atoms. The molecule has 1 aromatic rings. The fraction of sp³-hybridized carbons (Fsp3) is 0.692. The van der Waals surface area contributed by atoms with Crippen molar-refractivity contribution in [1.29, 1.82) is 0 Å². The quantitative estimate of drug-likeness (QED) is 0.691. The first-order valence-corrected chi connectivity index (χ1v) is 6.57. The number of hydrogen-bond donors (Lipinski definition) is 3. The summed E-state index contributed by atoms with van der Waals surface area (Å²) in [5.41, 5.74) is 5.54. The van der Waals surface area contributed by atoms with Crippen LogP contribution in [0.4, 0.5) is 11.6 Å². The van der Waals surface area contributed by atoms with E-state index in [2.05, 4.69) is 41.4 Å². The van der Waals surface area contributed by atoms with E-state index in [4.69, 9.17) is 5.73 Å². The molecule has 0 aliphatic heterocycles. The van der Waals surface area contributed by atoms with Crippen molar-refractivity contribution in [3.63, 3.8) is 0 Å². The van der Waals surface area contributed by atoms with Gasteiger partial charge >= 0.3 is 0 Å². The topological polar surface area (TPSA) is 75.9 Å². The van der Waals surface area contributed by atoms with Crippen molar-refractivity contribution in [2.24, 2.45) is 11.7 Å². The van der Waals surface area contributed by atoms with Crippen LogP contribution >= 0.6 is 0 Å². The number of aromatic nitrogens is 2. The molecule has 0 radical (unpaired) electrons. The zero-order valence-corrected chi connectivity index (χ0v) is 11.8. The minimum atomic E-state index is 0.322. The van der Waals surface area contributed by atoms with Gasteiger partial charge in [0.05, 0.1) is 0 Å². The van der Waals surface area contributed by atoms with Gasteiger partial charge < -0.3 is 16.4 Å². The van der Waals surface area contributed by atoms with Gasteiger partial charge in [-0.25, -0.2) is 9.97 Å². The fourth-order valence-corrected chi connectivity index (χ4v) is 1.62. The normalized spacial score (nSPS) is 12.6. The van der Waals surface area contributed by atoms with Gasteiger partial charge in [0.15, 0.2) is 0 Å². The van der Waals surface area contributed by atoms with Gasteiger partial charge in [-0.05, 0) is 32.7 Å². The number of nitrogens with zero attached hydrogens (tertiary/aromatic N) is 2. The van der Waals surface area contributed by atoms with E-state index >= 15 is 0 Å². The van der Waals surface area contributed by atoms with E-state index < -0.39 is 0 Å². The lowest BCUT2D eigenvalue weighted by molar-refractivity contribution is 0.686. The third-order valence-corrected chi connectivity index (χ3v) is 2.52. The monoisotopic (exact) mass is 251 g/mol. The highest BCUT2D eigenvalue weighted by molar-refractivity contribution is 5.47. The Hall–Kier alpha value is -1.36. The summed E-state index contributed by atoms with van der Waals surface area (Å²) in [6.45, 7) is 9.93. The molecule has 102 valence electrons. The number of nitrogens with one attached hydrogen (secondary N) is 2. The molecule has 1 aromatic heterocycles. The van der Waals surface area contributed by atoms with Crippen LogP contribution in [0.1, 0.15) is 33.0 Å². The maximum absolute atomic E-state index is 5.54. The lowest BCUT2D eigenvalue weighted by atomic mass is 10.2. The van der Waals surface area contributed by atoms with Crippen molar-refractivity contribution in [3.8, 4) is 0 Å². The molecule has 1 unspecified atom stereocenters. The average molecular weight is 251 g/mol. The first-order chi connectivity index (χ1) is 8.51. The second kappa shape index (κ2) is 7.16. The summed E-state index contributed by atoms with van der Waals surface area (Å²) in [6, 6.07) is 2.27. The Balaban J connectivity index is 2.68. The predicted molar refractivity (Wildman–Crippen MR) is 76.9 cm³/mol. The number of nitrogens with two attached hydrogens (primary N) is 1. The van der Waals surface area contributed by atoms with Crippen molar-refractivity contribution >= 4 is 11.6 Å². The lowest BCUT2D eigenvalue weighted by Gasteiger charge is -2.15. The molecule has 0 aliphatic rings. The van der Waals surface area contributed by atoms with Crippen LogP contribution in [-0.4, -0.2) is 29.1 Å². The fourth-order valence-electron chi connectivity index (χ4n) is 1.62. The zero-order valence-electron chi connectivity index (χ0n) is 11.8. The Morgan fingerprint density at radius 3 is 2.50 bits per heavy atom. The lowest BCUT2D eigenvalue weighted by Crippen LogP contribution is -2.20. The van der Waals surface area contributed by atoms with Gasteiger partial charge in [-0.1, -0.05) is 13.8 Å². The molecule has 0 aliphatic carbocycles. The van der Waals surface area contributed by atoms with Gasteiger partial charge in [-0.3, -0.25) is 0 Å². The van der Waals surface area contributed by atoms with Gasteiger partial charge in [0.2, 0.25) is 0 Å². The molecule has 0 aromatic carbocycles. The zero-order chi connectivity index (χ0) is 13.5. The van der Waals surface area contributed by atoms with Crippen molar-refractivity contribution < 1.29 is 0 Å². The Bertz CT molecular complexity index is 364. The van der Waals surface area contributed by atoms with E-state index in [0.29, 0.717) is 18.5 Å². The summed E-state index contributed by atoms with van der Waals surface area (Å²) in [6.07, 6.45) is 0.928. The molecule has 0 bridgehead atoms. The number of aryl methyl sites for hydroxylation is 1. The van der Waals surface area contributed by atoms with Gasteiger partial charge in [0.1, 0.15) is 17.5 Å². The summed E-state index contributed by atoms with van der Waals surface area (Å²) < 4.78 is 0. The number of anilines is 2. The SMILES string of the molecule is Cc1nc(NCC(C)C)cc(NC(C)CCN)n1. The predicted octanol–water partition coefficient (Wildman–Crippen LogP) is 2.00. The maximum atomic E-state index is 5.54. The van der Waals surface area contributed by atoms with E-state index in [1.54, 1.807) is 0 Å². The van der Waals surface area contributed by atoms with Crippen LogP contribution in [-0.2, 0) is 0 Å². The first-order valence-electron chi connectivity index (χ1n) is 6.57. The van der Waals surface area contributed by atoms with Crippen molar-refractivity contribution in [2.75, 3.05) is 23.7 Å². The van der Waals surface area contributed by atoms with Crippen LogP contribution in [0.5, 0.6) is 0 Å². The maximum Gasteiger partial charge on any atom is 0.132 e. The summed E-state index contributed by atoms with van der Waals surface area (Å²) in [5.74, 6) is 3.09. The van der Waals surface area contributed by atoms with Crippen LogP contribution in [0, 0.1) is 12.8 Å². The Morgan fingerprint density at radius 2 is 1.89 bits per heavy atom. The second-order valence-electron chi connectivity index (χ2n) is 5.08.